The van der Waals surface area contributed by atoms with Crippen LogP contribution in [0.2, 0.25) is 5.02 Å². The second kappa shape index (κ2) is 8.08. The van der Waals surface area contributed by atoms with E-state index in [9.17, 15) is 9.59 Å². The molecule has 3 aromatic rings. The Hall–Kier alpha value is -3.13. The second-order valence-electron chi connectivity index (χ2n) is 6.64. The molecule has 1 aliphatic heterocycles. The van der Waals surface area contributed by atoms with E-state index in [1.54, 1.807) is 29.2 Å². The first-order chi connectivity index (χ1) is 14.0. The maximum Gasteiger partial charge on any atom is 0.349 e. The zero-order valence-electron chi connectivity index (χ0n) is 15.6. The Bertz CT molecular complexity index is 1100. The van der Waals surface area contributed by atoms with Gasteiger partial charge in [-0.3, -0.25) is 4.79 Å². The van der Waals surface area contributed by atoms with Crippen molar-refractivity contribution in [3.05, 3.63) is 57.7 Å². The molecule has 0 spiro atoms. The predicted molar refractivity (Wildman–Crippen MR) is 106 cm³/mol. The number of halogens is 1. The molecule has 1 aromatic carbocycles. The molecule has 0 aliphatic carbocycles. The van der Waals surface area contributed by atoms with E-state index < -0.39 is 11.5 Å². The van der Waals surface area contributed by atoms with E-state index in [-0.39, 0.29) is 17.7 Å². The number of carbonyl (C=O) groups excluding carboxylic acids is 1. The van der Waals surface area contributed by atoms with Crippen molar-refractivity contribution in [2.75, 3.05) is 20.2 Å². The van der Waals surface area contributed by atoms with Crippen LogP contribution in [-0.2, 0) is 0 Å². The van der Waals surface area contributed by atoms with Crippen molar-refractivity contribution in [2.24, 2.45) is 0 Å². The fourth-order valence-electron chi connectivity index (χ4n) is 3.33. The van der Waals surface area contributed by atoms with Crippen molar-refractivity contribution >= 4 is 28.5 Å². The highest BCUT2D eigenvalue weighted by Gasteiger charge is 2.28. The van der Waals surface area contributed by atoms with Crippen molar-refractivity contribution in [1.82, 2.24) is 14.9 Å². The molecule has 0 N–H and O–H groups in total. The Balaban J connectivity index is 1.55. The number of para-hydroxylation sites is 1. The lowest BCUT2D eigenvalue weighted by Gasteiger charge is -2.32. The Morgan fingerprint density at radius 1 is 1.31 bits per heavy atom. The van der Waals surface area contributed by atoms with Gasteiger partial charge in [0.05, 0.1) is 31.1 Å². The molecule has 0 saturated carbocycles. The number of benzene rings is 1. The summed E-state index contributed by atoms with van der Waals surface area (Å²) in [6.45, 7) is 0.843. The zero-order valence-corrected chi connectivity index (χ0v) is 16.4. The Morgan fingerprint density at radius 3 is 2.86 bits per heavy atom. The first kappa shape index (κ1) is 19.2. The summed E-state index contributed by atoms with van der Waals surface area (Å²) in [6, 6.07) is 6.96. The number of nitrogens with zero attached hydrogens (tertiary/aromatic N) is 3. The van der Waals surface area contributed by atoms with Gasteiger partial charge in [-0.2, -0.15) is 0 Å². The van der Waals surface area contributed by atoms with Crippen LogP contribution < -0.4 is 15.1 Å². The van der Waals surface area contributed by atoms with Crippen LogP contribution in [0.1, 0.15) is 23.2 Å². The molecule has 9 heteroatoms. The maximum atomic E-state index is 13.0. The van der Waals surface area contributed by atoms with Crippen LogP contribution in [0.4, 0.5) is 0 Å². The van der Waals surface area contributed by atoms with Gasteiger partial charge in [-0.1, -0.05) is 23.7 Å². The first-order valence-electron chi connectivity index (χ1n) is 9.09. The number of carbonyl (C=O) groups is 1. The molecule has 0 bridgehead atoms. The summed E-state index contributed by atoms with van der Waals surface area (Å²) in [5.41, 5.74) is -0.401. The van der Waals surface area contributed by atoms with E-state index in [1.807, 2.05) is 0 Å². The van der Waals surface area contributed by atoms with Gasteiger partial charge in [-0.15, -0.1) is 0 Å². The van der Waals surface area contributed by atoms with Gasteiger partial charge in [-0.25, -0.2) is 14.8 Å². The van der Waals surface area contributed by atoms with Crippen LogP contribution in [-0.4, -0.2) is 47.1 Å². The summed E-state index contributed by atoms with van der Waals surface area (Å²) >= 11 is 5.78. The van der Waals surface area contributed by atoms with E-state index >= 15 is 0 Å². The molecule has 2 aromatic heterocycles. The summed E-state index contributed by atoms with van der Waals surface area (Å²) in [5, 5.41) is 1.03. The smallest absolute Gasteiger partial charge is 0.349 e. The number of aromatic nitrogens is 2. The second-order valence-corrected chi connectivity index (χ2v) is 7.08. The molecule has 1 unspecified atom stereocenters. The minimum atomic E-state index is -0.698. The standard InChI is InChI=1S/C20H18ClN3O5/c1-27-16-6-2-4-12-8-15(19(26)29-17(12)16)18(25)24-7-3-5-14(11-24)28-20-22-9-13(21)10-23-20/h2,4,6,8-10,14H,3,5,7,11H2,1H3. The molecule has 8 nitrogen and oxygen atoms in total. The molecule has 150 valence electrons. The SMILES string of the molecule is COc1cccc2cc(C(=O)N3CCCC(Oc4ncc(Cl)cn4)C3)c(=O)oc12. The first-order valence-corrected chi connectivity index (χ1v) is 9.47. The highest BCUT2D eigenvalue weighted by molar-refractivity contribution is 6.30. The van der Waals surface area contributed by atoms with Crippen LogP contribution in [0.15, 0.2) is 45.9 Å². The third-order valence-corrected chi connectivity index (χ3v) is 4.90. The molecular weight excluding hydrogens is 398 g/mol. The van der Waals surface area contributed by atoms with E-state index in [0.717, 1.165) is 12.8 Å². The fraction of sp³-hybridized carbons (Fsp3) is 0.300. The monoisotopic (exact) mass is 415 g/mol. The van der Waals surface area contributed by atoms with Crippen molar-refractivity contribution in [3.63, 3.8) is 0 Å². The molecular formula is C20H18ClN3O5. The molecule has 1 amide bonds. The van der Waals surface area contributed by atoms with Crippen molar-refractivity contribution < 1.29 is 18.7 Å². The lowest BCUT2D eigenvalue weighted by Crippen LogP contribution is -2.45. The van der Waals surface area contributed by atoms with E-state index in [2.05, 4.69) is 9.97 Å². The zero-order chi connectivity index (χ0) is 20.4. The van der Waals surface area contributed by atoms with Gasteiger partial charge in [0.1, 0.15) is 11.7 Å². The Labute approximate surface area is 171 Å². The number of rotatable bonds is 4. The Kier molecular flexibility index (Phi) is 5.35. The number of methoxy groups -OCH3 is 1. The van der Waals surface area contributed by atoms with Gasteiger partial charge in [-0.05, 0) is 25.0 Å². The highest BCUT2D eigenvalue weighted by atomic mass is 35.5. The van der Waals surface area contributed by atoms with Crippen molar-refractivity contribution in [1.29, 1.82) is 0 Å². The molecule has 1 fully saturated rings. The molecule has 0 radical (unpaired) electrons. The molecule has 29 heavy (non-hydrogen) atoms. The normalized spacial score (nSPS) is 16.6. The van der Waals surface area contributed by atoms with E-state index in [4.69, 9.17) is 25.5 Å². The predicted octanol–water partition coefficient (Wildman–Crippen LogP) is 2.93. The average molecular weight is 416 g/mol. The van der Waals surface area contributed by atoms with Crippen LogP contribution in [0.3, 0.4) is 0 Å². The lowest BCUT2D eigenvalue weighted by molar-refractivity contribution is 0.0512. The number of fused-ring (bicyclic) bond motifs is 1. The van der Waals surface area contributed by atoms with Gasteiger partial charge >= 0.3 is 11.6 Å². The topological polar surface area (TPSA) is 94.8 Å². The molecule has 1 aliphatic rings. The van der Waals surface area contributed by atoms with Crippen LogP contribution in [0.5, 0.6) is 11.8 Å². The van der Waals surface area contributed by atoms with Gasteiger partial charge in [0.2, 0.25) is 0 Å². The van der Waals surface area contributed by atoms with Crippen molar-refractivity contribution in [3.8, 4) is 11.8 Å². The van der Waals surface area contributed by atoms with E-state index in [1.165, 1.54) is 19.5 Å². The van der Waals surface area contributed by atoms with Gasteiger partial charge < -0.3 is 18.8 Å². The summed E-state index contributed by atoms with van der Waals surface area (Å²) in [6.07, 6.45) is 4.10. The third-order valence-electron chi connectivity index (χ3n) is 4.71. The fourth-order valence-corrected chi connectivity index (χ4v) is 3.42. The third kappa shape index (κ3) is 4.02. The van der Waals surface area contributed by atoms with Gasteiger partial charge in [0.25, 0.3) is 5.91 Å². The quantitative estimate of drug-likeness (QED) is 0.604. The summed E-state index contributed by atoms with van der Waals surface area (Å²) in [5.74, 6) is 0.0433. The molecule has 3 heterocycles. The van der Waals surface area contributed by atoms with Crippen molar-refractivity contribution in [2.45, 2.75) is 18.9 Å². The number of ether oxygens (including phenoxy) is 2. The number of likely N-dealkylation sites (tertiary alicyclic amines) is 1. The molecule has 4 rings (SSSR count). The minimum absolute atomic E-state index is 0.0193. The number of hydrogen-bond donors (Lipinski definition) is 0. The highest BCUT2D eigenvalue weighted by Crippen LogP contribution is 2.25. The minimum Gasteiger partial charge on any atom is -0.493 e. The number of piperidine rings is 1. The molecule has 1 saturated heterocycles. The largest absolute Gasteiger partial charge is 0.493 e. The average Bonchev–Trinajstić information content (AvgIpc) is 2.74. The number of hydrogen-bond acceptors (Lipinski definition) is 7. The van der Waals surface area contributed by atoms with E-state index in [0.29, 0.717) is 34.8 Å². The van der Waals surface area contributed by atoms with Crippen LogP contribution in [0.25, 0.3) is 11.0 Å². The van der Waals surface area contributed by atoms with Gasteiger partial charge in [0, 0.05) is 11.9 Å². The van der Waals surface area contributed by atoms with Crippen LogP contribution >= 0.6 is 11.6 Å². The number of amides is 1. The maximum absolute atomic E-state index is 13.0. The summed E-state index contributed by atoms with van der Waals surface area (Å²) in [4.78, 5) is 35.1. The summed E-state index contributed by atoms with van der Waals surface area (Å²) in [7, 11) is 1.49. The lowest BCUT2D eigenvalue weighted by atomic mass is 10.1. The summed E-state index contributed by atoms with van der Waals surface area (Å²) < 4.78 is 16.3. The molecule has 1 atom stereocenters. The van der Waals surface area contributed by atoms with Crippen LogP contribution in [0, 0.1) is 0 Å². The Morgan fingerprint density at radius 2 is 2.10 bits per heavy atom. The van der Waals surface area contributed by atoms with Gasteiger partial charge in [0.15, 0.2) is 11.3 Å².